The van der Waals surface area contributed by atoms with Crippen molar-refractivity contribution in [3.05, 3.63) is 0 Å². The summed E-state index contributed by atoms with van der Waals surface area (Å²) in [4.78, 5) is 26.4. The van der Waals surface area contributed by atoms with Gasteiger partial charge in [0.05, 0.1) is 6.61 Å². The molecular weight excluding hydrogens is 278 g/mol. The van der Waals surface area contributed by atoms with Crippen molar-refractivity contribution in [2.45, 2.75) is 18.8 Å². The number of ether oxygens (including phenoxy) is 2. The molecule has 0 radical (unpaired) electrons. The van der Waals surface area contributed by atoms with Gasteiger partial charge in [0, 0.05) is 12.0 Å². The lowest BCUT2D eigenvalue weighted by Crippen LogP contribution is -2.45. The molecule has 0 fully saturated rings. The molecule has 18 heavy (non-hydrogen) atoms. The van der Waals surface area contributed by atoms with E-state index in [-0.39, 0.29) is 13.2 Å². The zero-order valence-electron chi connectivity index (χ0n) is 10.3. The lowest BCUT2D eigenvalue weighted by molar-refractivity contribution is -0.136. The number of nitrogens with zero attached hydrogens (tertiary/aromatic N) is 1. The second kappa shape index (κ2) is 8.17. The highest BCUT2D eigenvalue weighted by molar-refractivity contribution is 7.87. The predicted octanol–water partition coefficient (Wildman–Crippen LogP) is 0.783. The van der Waals surface area contributed by atoms with Gasteiger partial charge in [0.1, 0.15) is 7.11 Å². The van der Waals surface area contributed by atoms with Gasteiger partial charge in [0.25, 0.3) is 0 Å². The van der Waals surface area contributed by atoms with Crippen LogP contribution in [0.1, 0.15) is 13.8 Å². The quantitative estimate of drug-likeness (QED) is 0.136. The van der Waals surface area contributed by atoms with Crippen LogP contribution in [0.4, 0.5) is 0 Å². The summed E-state index contributed by atoms with van der Waals surface area (Å²) in [6.45, 7) is 3.54. The zero-order chi connectivity index (χ0) is 14.2. The van der Waals surface area contributed by atoms with Crippen molar-refractivity contribution in [1.82, 2.24) is 0 Å². The van der Waals surface area contributed by atoms with Gasteiger partial charge >= 0.3 is 5.97 Å². The minimum atomic E-state index is -1.71. The van der Waals surface area contributed by atoms with Gasteiger partial charge < -0.3 is 14.3 Å². The Bertz CT molecular complexity index is 358. The first-order valence-corrected chi connectivity index (χ1v) is 6.04. The first-order valence-electron chi connectivity index (χ1n) is 5.12. The van der Waals surface area contributed by atoms with E-state index in [1.807, 2.05) is 0 Å². The van der Waals surface area contributed by atoms with Crippen LogP contribution >= 0.6 is 24.8 Å². The van der Waals surface area contributed by atoms with Gasteiger partial charge in [-0.2, -0.15) is 0 Å². The average Bonchev–Trinajstić information content (AvgIpc) is 2.35. The Labute approximate surface area is 116 Å². The first-order chi connectivity index (χ1) is 8.46. The van der Waals surface area contributed by atoms with Crippen LogP contribution in [0.15, 0.2) is 5.16 Å². The third-order valence-electron chi connectivity index (χ3n) is 1.72. The van der Waals surface area contributed by atoms with Gasteiger partial charge in [-0.25, -0.2) is 4.79 Å². The van der Waals surface area contributed by atoms with Crippen molar-refractivity contribution in [1.29, 1.82) is 0 Å². The van der Waals surface area contributed by atoms with Crippen LogP contribution in [-0.4, -0.2) is 48.1 Å². The highest BCUT2D eigenvalue weighted by atomic mass is 32.1. The highest BCUT2D eigenvalue weighted by Gasteiger charge is 2.40. The minimum absolute atomic E-state index is 0.0979. The van der Waals surface area contributed by atoms with Crippen LogP contribution in [0.2, 0.25) is 0 Å². The smallest absolute Gasteiger partial charge is 0.364 e. The number of hydrogen-bond donors (Lipinski definition) is 1. The van der Waals surface area contributed by atoms with E-state index in [0.717, 1.165) is 5.37 Å². The molecule has 0 aliphatic carbocycles. The molecule has 0 aromatic carbocycles. The van der Waals surface area contributed by atoms with Crippen LogP contribution in [0.5, 0.6) is 0 Å². The summed E-state index contributed by atoms with van der Waals surface area (Å²) in [6, 6.07) is 0. The third kappa shape index (κ3) is 4.35. The van der Waals surface area contributed by atoms with Crippen LogP contribution in [0.3, 0.4) is 0 Å². The molecule has 6 nitrogen and oxygen atoms in total. The number of carbonyl (C=O) groups excluding carboxylic acids is 2. The fourth-order valence-corrected chi connectivity index (χ4v) is 1.42. The van der Waals surface area contributed by atoms with E-state index in [1.54, 1.807) is 13.8 Å². The van der Waals surface area contributed by atoms with E-state index < -0.39 is 22.4 Å². The van der Waals surface area contributed by atoms with Crippen molar-refractivity contribution in [3.8, 4) is 0 Å². The lowest BCUT2D eigenvalue weighted by atomic mass is 10.1. The van der Waals surface area contributed by atoms with Crippen molar-refractivity contribution in [2.24, 2.45) is 5.16 Å². The fraction of sp³-hybridized carbons (Fsp3) is 0.600. The number of carbonyl (C=O) groups is 2. The summed E-state index contributed by atoms with van der Waals surface area (Å²) in [6.07, 6.45) is 0. The molecule has 0 bridgehead atoms. The Hall–Kier alpha value is -0.990. The highest BCUT2D eigenvalue weighted by Crippen LogP contribution is 2.17. The van der Waals surface area contributed by atoms with Gasteiger partial charge in [-0.05, 0) is 13.8 Å². The minimum Gasteiger partial charge on any atom is -0.461 e. The SMILES string of the molecule is CCOC(=O)C(=NOC)C(=O)C(S)(C=S)OCC. The van der Waals surface area contributed by atoms with E-state index in [9.17, 15) is 9.59 Å². The molecule has 102 valence electrons. The monoisotopic (exact) mass is 293 g/mol. The Kier molecular flexibility index (Phi) is 7.72. The van der Waals surface area contributed by atoms with Crippen molar-refractivity contribution >= 4 is 47.7 Å². The number of thiol groups is 1. The molecule has 1 atom stereocenters. The maximum absolute atomic E-state index is 12.1. The summed E-state index contributed by atoms with van der Waals surface area (Å²) in [5.41, 5.74) is -0.552. The van der Waals surface area contributed by atoms with E-state index in [1.165, 1.54) is 7.11 Å². The van der Waals surface area contributed by atoms with Gasteiger partial charge in [-0.3, -0.25) is 4.79 Å². The van der Waals surface area contributed by atoms with Crippen LogP contribution in [-0.2, 0) is 23.9 Å². The molecule has 0 saturated heterocycles. The largest absolute Gasteiger partial charge is 0.461 e. The Morgan fingerprint density at radius 3 is 2.39 bits per heavy atom. The molecule has 8 heteroatoms. The molecule has 0 aromatic rings. The van der Waals surface area contributed by atoms with Crippen molar-refractivity contribution in [3.63, 3.8) is 0 Å². The summed E-state index contributed by atoms with van der Waals surface area (Å²) >= 11 is 8.70. The molecular formula is C10H15NO5S2. The number of ketones is 1. The molecule has 0 aliphatic heterocycles. The van der Waals surface area contributed by atoms with Gasteiger partial charge in [0.2, 0.25) is 16.4 Å². The molecule has 0 aromatic heterocycles. The number of thiocarbonyl (C=S) groups is 1. The predicted molar refractivity (Wildman–Crippen MR) is 73.1 cm³/mol. The van der Waals surface area contributed by atoms with Crippen LogP contribution in [0.25, 0.3) is 0 Å². The molecule has 0 N–H and O–H groups in total. The second-order valence-corrected chi connectivity index (χ2v) is 3.82. The summed E-state index contributed by atoms with van der Waals surface area (Å²) < 4.78 is 9.79. The van der Waals surface area contributed by atoms with Crippen LogP contribution < -0.4 is 0 Å². The molecule has 1 unspecified atom stereocenters. The number of esters is 1. The Morgan fingerprint density at radius 1 is 1.39 bits per heavy atom. The maximum Gasteiger partial charge on any atom is 0.364 e. The van der Waals surface area contributed by atoms with E-state index in [4.69, 9.17) is 4.74 Å². The molecule has 0 amide bonds. The van der Waals surface area contributed by atoms with Gasteiger partial charge in [-0.15, -0.1) is 12.6 Å². The summed E-state index contributed by atoms with van der Waals surface area (Å²) in [5.74, 6) is -1.75. The molecule has 0 heterocycles. The third-order valence-corrected chi connectivity index (χ3v) is 2.68. The zero-order valence-corrected chi connectivity index (χ0v) is 12.0. The van der Waals surface area contributed by atoms with E-state index in [0.29, 0.717) is 0 Å². The number of Topliss-reactive ketones (excluding diaryl/α,β-unsaturated/α-hetero) is 1. The average molecular weight is 293 g/mol. The van der Waals surface area contributed by atoms with Crippen molar-refractivity contribution in [2.75, 3.05) is 20.3 Å². The normalized spacial score (nSPS) is 14.6. The molecule has 0 spiro atoms. The Balaban J connectivity index is 5.25. The lowest BCUT2D eigenvalue weighted by Gasteiger charge is -2.21. The maximum atomic E-state index is 12.1. The topological polar surface area (TPSA) is 74.2 Å². The van der Waals surface area contributed by atoms with E-state index >= 15 is 0 Å². The first kappa shape index (κ1) is 17.0. The fourth-order valence-electron chi connectivity index (χ4n) is 1.00. The standard InChI is InChI=1S/C10H15NO5S2/c1-4-15-9(13)7(11-14-3)8(12)10(18,6-17)16-5-2/h6,18H,4-5H2,1-3H3. The summed E-state index contributed by atoms with van der Waals surface area (Å²) in [7, 11) is 1.20. The summed E-state index contributed by atoms with van der Waals surface area (Å²) in [5, 5.41) is 4.34. The van der Waals surface area contributed by atoms with Gasteiger partial charge in [-0.1, -0.05) is 17.4 Å². The number of hydrogen-bond acceptors (Lipinski definition) is 8. The number of rotatable bonds is 8. The molecule has 0 saturated carbocycles. The molecule has 0 aliphatic rings. The van der Waals surface area contributed by atoms with Gasteiger partial charge in [0.15, 0.2) is 0 Å². The van der Waals surface area contributed by atoms with Crippen LogP contribution in [0, 0.1) is 0 Å². The second-order valence-electron chi connectivity index (χ2n) is 2.92. The molecule has 0 rings (SSSR count). The van der Waals surface area contributed by atoms with Crippen molar-refractivity contribution < 1.29 is 23.9 Å². The number of oxime groups is 1. The Morgan fingerprint density at radius 2 is 2.00 bits per heavy atom. The van der Waals surface area contributed by atoms with E-state index in [2.05, 4.69) is 39.6 Å².